The molecule has 0 atom stereocenters. The van der Waals surface area contributed by atoms with Gasteiger partial charge in [0.25, 0.3) is 0 Å². The second-order valence-corrected chi connectivity index (χ2v) is 8.33. The number of nitrogens with zero attached hydrogens (tertiary/aromatic N) is 1. The van der Waals surface area contributed by atoms with Gasteiger partial charge in [0.05, 0.1) is 4.34 Å². The zero-order chi connectivity index (χ0) is 15.3. The van der Waals surface area contributed by atoms with Crippen molar-refractivity contribution in [3.63, 3.8) is 0 Å². The van der Waals surface area contributed by atoms with Crippen molar-refractivity contribution in [3.05, 3.63) is 21.3 Å². The Bertz CT molecular complexity index is 430. The molecule has 0 radical (unpaired) electrons. The van der Waals surface area contributed by atoms with E-state index < -0.39 is 0 Å². The van der Waals surface area contributed by atoms with Crippen LogP contribution in [-0.2, 0) is 11.3 Å². The molecule has 0 bridgehead atoms. The highest BCUT2D eigenvalue weighted by Gasteiger charge is 2.33. The topological polar surface area (TPSA) is 24.5 Å². The normalized spacial score (nSPS) is 18.6. The van der Waals surface area contributed by atoms with Crippen molar-refractivity contribution in [2.75, 3.05) is 33.4 Å². The van der Waals surface area contributed by atoms with Crippen LogP contribution >= 0.6 is 22.9 Å². The van der Waals surface area contributed by atoms with Gasteiger partial charge < -0.3 is 15.0 Å². The van der Waals surface area contributed by atoms with E-state index in [1.165, 1.54) is 4.88 Å². The Morgan fingerprint density at radius 3 is 2.67 bits per heavy atom. The molecule has 1 aromatic rings. The van der Waals surface area contributed by atoms with Crippen LogP contribution in [0.15, 0.2) is 12.1 Å². The molecule has 2 rings (SSSR count). The zero-order valence-corrected chi connectivity index (χ0v) is 14.9. The van der Waals surface area contributed by atoms with Gasteiger partial charge in [0, 0.05) is 43.8 Å². The molecule has 1 saturated heterocycles. The molecule has 0 spiro atoms. The first-order chi connectivity index (χ1) is 9.99. The Balaban J connectivity index is 1.93. The number of hydrogen-bond acceptors (Lipinski definition) is 4. The van der Waals surface area contributed by atoms with Crippen LogP contribution in [-0.4, -0.2) is 44.3 Å². The zero-order valence-electron chi connectivity index (χ0n) is 13.3. The van der Waals surface area contributed by atoms with E-state index in [1.54, 1.807) is 11.3 Å². The summed E-state index contributed by atoms with van der Waals surface area (Å²) in [6, 6.07) is 4.65. The molecule has 1 fully saturated rings. The van der Waals surface area contributed by atoms with Gasteiger partial charge in [-0.25, -0.2) is 0 Å². The van der Waals surface area contributed by atoms with Gasteiger partial charge in [0.15, 0.2) is 0 Å². The van der Waals surface area contributed by atoms with E-state index in [4.69, 9.17) is 16.3 Å². The molecule has 0 aromatic carbocycles. The summed E-state index contributed by atoms with van der Waals surface area (Å²) >= 11 is 7.70. The van der Waals surface area contributed by atoms with E-state index in [9.17, 15) is 0 Å². The van der Waals surface area contributed by atoms with Crippen molar-refractivity contribution in [2.45, 2.75) is 39.3 Å². The second kappa shape index (κ2) is 7.93. The first-order valence-electron chi connectivity index (χ1n) is 7.73. The Kier molecular flexibility index (Phi) is 6.51. The number of rotatable bonds is 7. The van der Waals surface area contributed by atoms with Crippen LogP contribution < -0.4 is 5.32 Å². The third-order valence-corrected chi connectivity index (χ3v) is 5.31. The summed E-state index contributed by atoms with van der Waals surface area (Å²) in [5, 5.41) is 3.63. The highest BCUT2D eigenvalue weighted by Crippen LogP contribution is 2.32. The van der Waals surface area contributed by atoms with Crippen LogP contribution in [0.5, 0.6) is 0 Å². The molecule has 1 aliphatic heterocycles. The molecular formula is C16H27ClN2OS. The molecule has 5 heteroatoms. The predicted octanol–water partition coefficient (Wildman–Crippen LogP) is 3.63. The molecular weight excluding hydrogens is 304 g/mol. The van der Waals surface area contributed by atoms with Gasteiger partial charge in [-0.3, -0.25) is 0 Å². The molecule has 0 unspecified atom stereocenters. The number of halogens is 1. The van der Waals surface area contributed by atoms with E-state index in [-0.39, 0.29) is 0 Å². The molecule has 1 aromatic heterocycles. The lowest BCUT2D eigenvalue weighted by atomic mass is 9.79. The number of nitrogens with one attached hydrogen (secondary N) is 1. The monoisotopic (exact) mass is 330 g/mol. The summed E-state index contributed by atoms with van der Waals surface area (Å²) in [7, 11) is 2.21. The molecule has 0 aliphatic carbocycles. The van der Waals surface area contributed by atoms with E-state index >= 15 is 0 Å². The van der Waals surface area contributed by atoms with Gasteiger partial charge in [-0.05, 0) is 37.4 Å². The minimum atomic E-state index is 0.332. The van der Waals surface area contributed by atoms with Crippen LogP contribution in [0.3, 0.4) is 0 Å². The molecule has 0 saturated carbocycles. The second-order valence-electron chi connectivity index (χ2n) is 6.53. The van der Waals surface area contributed by atoms with Crippen molar-refractivity contribution in [3.8, 4) is 0 Å². The number of thiophene rings is 1. The Morgan fingerprint density at radius 1 is 1.38 bits per heavy atom. The lowest BCUT2D eigenvalue weighted by Gasteiger charge is -2.40. The summed E-state index contributed by atoms with van der Waals surface area (Å²) in [5.74, 6) is 0. The summed E-state index contributed by atoms with van der Waals surface area (Å²) in [4.78, 5) is 3.76. The lowest BCUT2D eigenvalue weighted by Crippen LogP contribution is -2.47. The van der Waals surface area contributed by atoms with Crippen molar-refractivity contribution in [2.24, 2.45) is 5.41 Å². The fraction of sp³-hybridized carbons (Fsp3) is 0.750. The third-order valence-electron chi connectivity index (χ3n) is 4.10. The maximum Gasteiger partial charge on any atom is 0.0931 e. The van der Waals surface area contributed by atoms with Gasteiger partial charge in [-0.1, -0.05) is 25.4 Å². The fourth-order valence-corrected chi connectivity index (χ4v) is 4.11. The molecule has 3 nitrogen and oxygen atoms in total. The third kappa shape index (κ3) is 5.53. The van der Waals surface area contributed by atoms with Crippen molar-refractivity contribution in [1.82, 2.24) is 10.2 Å². The Hall–Kier alpha value is -0.130. The maximum atomic E-state index is 6.02. The molecule has 2 heterocycles. The summed E-state index contributed by atoms with van der Waals surface area (Å²) in [6.45, 7) is 9.35. The van der Waals surface area contributed by atoms with Crippen molar-refractivity contribution >= 4 is 22.9 Å². The van der Waals surface area contributed by atoms with Gasteiger partial charge in [0.2, 0.25) is 0 Å². The lowest BCUT2D eigenvalue weighted by molar-refractivity contribution is -0.00236. The van der Waals surface area contributed by atoms with E-state index in [2.05, 4.69) is 37.2 Å². The van der Waals surface area contributed by atoms with Crippen molar-refractivity contribution < 1.29 is 4.74 Å². The molecule has 21 heavy (non-hydrogen) atoms. The Labute approximate surface area is 137 Å². The van der Waals surface area contributed by atoms with Crippen LogP contribution in [0.4, 0.5) is 0 Å². The van der Waals surface area contributed by atoms with E-state index in [1.807, 2.05) is 6.07 Å². The summed E-state index contributed by atoms with van der Waals surface area (Å²) in [5.41, 5.74) is 0.332. The average Bonchev–Trinajstić information content (AvgIpc) is 2.83. The summed E-state index contributed by atoms with van der Waals surface area (Å²) in [6.07, 6.45) is 2.28. The largest absolute Gasteiger partial charge is 0.381 e. The summed E-state index contributed by atoms with van der Waals surface area (Å²) < 4.78 is 6.45. The van der Waals surface area contributed by atoms with Gasteiger partial charge >= 0.3 is 0 Å². The average molecular weight is 331 g/mol. The van der Waals surface area contributed by atoms with Crippen LogP contribution in [0.2, 0.25) is 4.34 Å². The number of ether oxygens (including phenoxy) is 1. The molecule has 1 N–H and O–H groups in total. The first-order valence-corrected chi connectivity index (χ1v) is 8.92. The SMILES string of the molecule is CC(C)NCC1(CN(C)Cc2ccc(Cl)s2)CCOCC1. The maximum absolute atomic E-state index is 6.02. The molecule has 0 amide bonds. The molecule has 1 aliphatic rings. The minimum Gasteiger partial charge on any atom is -0.381 e. The van der Waals surface area contributed by atoms with Gasteiger partial charge in [-0.2, -0.15) is 0 Å². The van der Waals surface area contributed by atoms with E-state index in [0.717, 1.165) is 50.0 Å². The van der Waals surface area contributed by atoms with Crippen molar-refractivity contribution in [1.29, 1.82) is 0 Å². The van der Waals surface area contributed by atoms with Crippen LogP contribution in [0, 0.1) is 5.41 Å². The number of hydrogen-bond donors (Lipinski definition) is 1. The van der Waals surface area contributed by atoms with Crippen LogP contribution in [0.25, 0.3) is 0 Å². The quantitative estimate of drug-likeness (QED) is 0.826. The van der Waals surface area contributed by atoms with Gasteiger partial charge in [0.1, 0.15) is 0 Å². The highest BCUT2D eigenvalue weighted by molar-refractivity contribution is 7.16. The predicted molar refractivity (Wildman–Crippen MR) is 91.3 cm³/mol. The van der Waals surface area contributed by atoms with E-state index in [0.29, 0.717) is 11.5 Å². The minimum absolute atomic E-state index is 0.332. The van der Waals surface area contributed by atoms with Gasteiger partial charge in [-0.15, -0.1) is 11.3 Å². The first kappa shape index (κ1) is 17.2. The van der Waals surface area contributed by atoms with Crippen LogP contribution in [0.1, 0.15) is 31.6 Å². The Morgan fingerprint density at radius 2 is 2.10 bits per heavy atom. The molecule has 120 valence electrons. The standard InChI is InChI=1S/C16H27ClN2OS/c1-13(2)18-11-16(6-8-20-9-7-16)12-19(3)10-14-4-5-15(17)21-14/h4-5,13,18H,6-12H2,1-3H3. The smallest absolute Gasteiger partial charge is 0.0931 e. The fourth-order valence-electron chi connectivity index (χ4n) is 2.95. The highest BCUT2D eigenvalue weighted by atomic mass is 35.5.